The predicted molar refractivity (Wildman–Crippen MR) is 73.3 cm³/mol. The number of carbonyl (C=O) groups excluding carboxylic acids is 1. The molecule has 0 spiro atoms. The highest BCUT2D eigenvalue weighted by Gasteiger charge is 2.12. The first-order valence-corrected chi connectivity index (χ1v) is 6.60. The van der Waals surface area contributed by atoms with Crippen LogP contribution in [0.15, 0.2) is 18.2 Å². The zero-order valence-electron chi connectivity index (χ0n) is 10.3. The van der Waals surface area contributed by atoms with Crippen LogP contribution in [-0.2, 0) is 4.79 Å². The van der Waals surface area contributed by atoms with Crippen molar-refractivity contribution < 1.29 is 9.18 Å². The average Bonchev–Trinajstić information content (AvgIpc) is 2.81. The lowest BCUT2D eigenvalue weighted by Gasteiger charge is -1.99. The number of nitrogens with one attached hydrogen (secondary N) is 1. The molecule has 1 aromatic heterocycles. The van der Waals surface area contributed by atoms with E-state index in [0.29, 0.717) is 22.2 Å². The molecule has 0 aliphatic rings. The first-order valence-electron chi connectivity index (χ1n) is 5.79. The van der Waals surface area contributed by atoms with Gasteiger partial charge in [-0.25, -0.2) is 4.39 Å². The van der Waals surface area contributed by atoms with Crippen molar-refractivity contribution in [3.05, 3.63) is 24.0 Å². The lowest BCUT2D eigenvalue weighted by atomic mass is 10.2. The van der Waals surface area contributed by atoms with Crippen molar-refractivity contribution in [2.75, 3.05) is 11.1 Å². The van der Waals surface area contributed by atoms with Crippen LogP contribution in [0, 0.1) is 5.82 Å². The van der Waals surface area contributed by atoms with E-state index in [4.69, 9.17) is 5.73 Å². The average molecular weight is 280 g/mol. The number of benzene rings is 1. The van der Waals surface area contributed by atoms with Crippen molar-refractivity contribution in [2.45, 2.75) is 19.8 Å². The molecule has 0 aliphatic heterocycles. The zero-order valence-corrected chi connectivity index (χ0v) is 11.1. The number of hydrogen-bond donors (Lipinski definition) is 2. The number of nitrogen functional groups attached to an aromatic ring is 1. The molecule has 0 saturated carbocycles. The monoisotopic (exact) mass is 280 g/mol. The van der Waals surface area contributed by atoms with Gasteiger partial charge in [0.1, 0.15) is 5.82 Å². The molecule has 0 atom stereocenters. The van der Waals surface area contributed by atoms with Crippen LogP contribution in [0.1, 0.15) is 19.8 Å². The number of halogens is 1. The van der Waals surface area contributed by atoms with E-state index in [9.17, 15) is 9.18 Å². The molecule has 1 heterocycles. The van der Waals surface area contributed by atoms with Gasteiger partial charge in [-0.3, -0.25) is 4.79 Å². The van der Waals surface area contributed by atoms with Gasteiger partial charge < -0.3 is 11.1 Å². The molecule has 0 unspecified atom stereocenters. The quantitative estimate of drug-likeness (QED) is 0.844. The van der Waals surface area contributed by atoms with E-state index in [-0.39, 0.29) is 11.5 Å². The predicted octanol–water partition coefficient (Wildman–Crippen LogP) is 2.67. The molecule has 2 aromatic rings. The van der Waals surface area contributed by atoms with Gasteiger partial charge >= 0.3 is 0 Å². The first-order chi connectivity index (χ1) is 9.10. The van der Waals surface area contributed by atoms with E-state index in [1.165, 1.54) is 18.2 Å². The van der Waals surface area contributed by atoms with Crippen molar-refractivity contribution in [3.8, 4) is 10.6 Å². The maximum atomic E-state index is 13.6. The van der Waals surface area contributed by atoms with Crippen molar-refractivity contribution in [1.29, 1.82) is 0 Å². The number of anilines is 2. The Balaban J connectivity index is 2.21. The fourth-order valence-electron chi connectivity index (χ4n) is 1.50. The molecule has 0 fully saturated rings. The molecule has 1 aromatic carbocycles. The van der Waals surface area contributed by atoms with Crippen LogP contribution in [0.3, 0.4) is 0 Å². The summed E-state index contributed by atoms with van der Waals surface area (Å²) in [6.45, 7) is 1.91. The fourth-order valence-corrected chi connectivity index (χ4v) is 2.28. The van der Waals surface area contributed by atoms with Gasteiger partial charge in [0.15, 0.2) is 5.01 Å². The van der Waals surface area contributed by atoms with Gasteiger partial charge in [0.05, 0.1) is 5.56 Å². The van der Waals surface area contributed by atoms with Gasteiger partial charge in [-0.15, -0.1) is 10.2 Å². The fraction of sp³-hybridized carbons (Fsp3) is 0.250. The van der Waals surface area contributed by atoms with Crippen LogP contribution < -0.4 is 11.1 Å². The molecule has 3 N–H and O–H groups in total. The highest BCUT2D eigenvalue weighted by atomic mass is 32.1. The summed E-state index contributed by atoms with van der Waals surface area (Å²) in [7, 11) is 0. The summed E-state index contributed by atoms with van der Waals surface area (Å²) < 4.78 is 13.6. The van der Waals surface area contributed by atoms with E-state index in [0.717, 1.165) is 17.8 Å². The standard InChI is InChI=1S/C12H13FN4OS/c1-2-3-10(18)15-12-17-16-11(19-12)8-6-7(14)4-5-9(8)13/h4-6H,2-3,14H2,1H3,(H,15,17,18). The number of aromatic nitrogens is 2. The highest BCUT2D eigenvalue weighted by Crippen LogP contribution is 2.29. The lowest BCUT2D eigenvalue weighted by molar-refractivity contribution is -0.116. The molecule has 2 rings (SSSR count). The Hall–Kier alpha value is -2.02. The number of carbonyl (C=O) groups is 1. The number of nitrogens with two attached hydrogens (primary N) is 1. The Labute approximate surface area is 113 Å². The minimum Gasteiger partial charge on any atom is -0.399 e. The van der Waals surface area contributed by atoms with Crippen LogP contribution in [0.25, 0.3) is 10.6 Å². The first kappa shape index (κ1) is 13.4. The largest absolute Gasteiger partial charge is 0.399 e. The molecule has 5 nitrogen and oxygen atoms in total. The van der Waals surface area contributed by atoms with Crippen LogP contribution in [-0.4, -0.2) is 16.1 Å². The zero-order chi connectivity index (χ0) is 13.8. The Bertz CT molecular complexity index is 599. The van der Waals surface area contributed by atoms with Gasteiger partial charge in [0, 0.05) is 12.1 Å². The van der Waals surface area contributed by atoms with Crippen LogP contribution in [0.2, 0.25) is 0 Å². The molecule has 0 radical (unpaired) electrons. The van der Waals surface area contributed by atoms with Gasteiger partial charge in [0.25, 0.3) is 0 Å². The Morgan fingerprint density at radius 3 is 3.00 bits per heavy atom. The smallest absolute Gasteiger partial charge is 0.226 e. The molecular formula is C12H13FN4OS. The summed E-state index contributed by atoms with van der Waals surface area (Å²) in [5, 5.41) is 11.0. The Morgan fingerprint density at radius 1 is 1.47 bits per heavy atom. The molecular weight excluding hydrogens is 267 g/mol. The van der Waals surface area contributed by atoms with E-state index in [2.05, 4.69) is 15.5 Å². The van der Waals surface area contributed by atoms with E-state index >= 15 is 0 Å². The van der Waals surface area contributed by atoms with Gasteiger partial charge in [-0.05, 0) is 24.6 Å². The third-order valence-electron chi connectivity index (χ3n) is 2.37. The van der Waals surface area contributed by atoms with Crippen LogP contribution in [0.5, 0.6) is 0 Å². The summed E-state index contributed by atoms with van der Waals surface area (Å²) in [4.78, 5) is 11.4. The number of hydrogen-bond acceptors (Lipinski definition) is 5. The molecule has 0 saturated heterocycles. The normalized spacial score (nSPS) is 10.4. The maximum absolute atomic E-state index is 13.6. The Kier molecular flexibility index (Phi) is 4.06. The van der Waals surface area contributed by atoms with Crippen LogP contribution >= 0.6 is 11.3 Å². The van der Waals surface area contributed by atoms with E-state index < -0.39 is 5.82 Å². The Morgan fingerprint density at radius 2 is 2.26 bits per heavy atom. The van der Waals surface area contributed by atoms with E-state index in [1.807, 2.05) is 6.92 Å². The second kappa shape index (κ2) is 5.75. The molecule has 7 heteroatoms. The number of rotatable bonds is 4. The molecule has 100 valence electrons. The van der Waals surface area contributed by atoms with Gasteiger partial charge in [0.2, 0.25) is 11.0 Å². The summed E-state index contributed by atoms with van der Waals surface area (Å²) in [6.07, 6.45) is 1.17. The van der Waals surface area contributed by atoms with Crippen LogP contribution in [0.4, 0.5) is 15.2 Å². The summed E-state index contributed by atoms with van der Waals surface area (Å²) >= 11 is 1.11. The number of amides is 1. The molecule has 0 aliphatic carbocycles. The maximum Gasteiger partial charge on any atom is 0.226 e. The second-order valence-corrected chi connectivity index (χ2v) is 4.93. The third-order valence-corrected chi connectivity index (χ3v) is 3.24. The molecule has 0 bridgehead atoms. The minimum absolute atomic E-state index is 0.127. The molecule has 19 heavy (non-hydrogen) atoms. The second-order valence-electron chi connectivity index (χ2n) is 3.95. The van der Waals surface area contributed by atoms with Crippen molar-refractivity contribution in [2.24, 2.45) is 0 Å². The third kappa shape index (κ3) is 3.25. The van der Waals surface area contributed by atoms with Crippen molar-refractivity contribution >= 4 is 28.1 Å². The summed E-state index contributed by atoms with van der Waals surface area (Å²) in [5.41, 5.74) is 6.34. The minimum atomic E-state index is -0.420. The topological polar surface area (TPSA) is 80.9 Å². The molecule has 1 amide bonds. The summed E-state index contributed by atoms with van der Waals surface area (Å²) in [5.74, 6) is -0.546. The van der Waals surface area contributed by atoms with Gasteiger partial charge in [-0.2, -0.15) is 0 Å². The highest BCUT2D eigenvalue weighted by molar-refractivity contribution is 7.18. The van der Waals surface area contributed by atoms with Crippen molar-refractivity contribution in [3.63, 3.8) is 0 Å². The lowest BCUT2D eigenvalue weighted by Crippen LogP contribution is -2.10. The van der Waals surface area contributed by atoms with E-state index in [1.54, 1.807) is 0 Å². The summed E-state index contributed by atoms with van der Waals surface area (Å²) in [6, 6.07) is 4.25. The van der Waals surface area contributed by atoms with Gasteiger partial charge in [-0.1, -0.05) is 18.3 Å². The van der Waals surface area contributed by atoms with Crippen molar-refractivity contribution in [1.82, 2.24) is 10.2 Å². The SMILES string of the molecule is CCCC(=O)Nc1nnc(-c2cc(N)ccc2F)s1. The number of nitrogens with zero attached hydrogens (tertiary/aromatic N) is 2.